The number of imidazole rings is 1. The minimum Gasteiger partial charge on any atom is -0.330 e. The molecule has 1 heterocycles. The number of hydrogen-bond donors (Lipinski definition) is 1. The van der Waals surface area contributed by atoms with Gasteiger partial charge >= 0.3 is 0 Å². The lowest BCUT2D eigenvalue weighted by Crippen LogP contribution is -2.38. The van der Waals surface area contributed by atoms with Gasteiger partial charge in [0.05, 0.1) is 17.1 Å². The fourth-order valence-corrected chi connectivity index (χ4v) is 4.06. The van der Waals surface area contributed by atoms with Crippen LogP contribution in [0.3, 0.4) is 0 Å². The van der Waals surface area contributed by atoms with E-state index in [1.165, 1.54) is 24.8 Å². The van der Waals surface area contributed by atoms with Crippen molar-refractivity contribution < 1.29 is 0 Å². The molecule has 0 radical (unpaired) electrons. The number of hydrogen-bond acceptors (Lipinski definition) is 2. The van der Waals surface area contributed by atoms with Crippen molar-refractivity contribution in [3.05, 3.63) is 30.1 Å². The Bertz CT molecular complexity index is 606. The first-order valence-corrected chi connectivity index (χ1v) is 8.22. The SMILES string of the molecule is CC1CC(C)CC(NC(C)c2nc3ccccc3n2C)C1. The second kappa shape index (κ2) is 5.80. The molecule has 2 aromatic rings. The summed E-state index contributed by atoms with van der Waals surface area (Å²) in [7, 11) is 2.12. The summed E-state index contributed by atoms with van der Waals surface area (Å²) in [5.41, 5.74) is 2.31. The van der Waals surface area contributed by atoms with Crippen LogP contribution in [0.25, 0.3) is 11.0 Å². The molecular formula is C18H27N3. The van der Waals surface area contributed by atoms with Crippen LogP contribution >= 0.6 is 0 Å². The lowest BCUT2D eigenvalue weighted by Gasteiger charge is -2.33. The van der Waals surface area contributed by atoms with E-state index in [-0.39, 0.29) is 0 Å². The zero-order valence-electron chi connectivity index (χ0n) is 13.6. The summed E-state index contributed by atoms with van der Waals surface area (Å²) in [6.45, 7) is 7.00. The van der Waals surface area contributed by atoms with Gasteiger partial charge in [0.25, 0.3) is 0 Å². The molecule has 114 valence electrons. The van der Waals surface area contributed by atoms with Crippen molar-refractivity contribution in [2.24, 2.45) is 18.9 Å². The van der Waals surface area contributed by atoms with Crippen molar-refractivity contribution in [3.8, 4) is 0 Å². The monoisotopic (exact) mass is 285 g/mol. The first kappa shape index (κ1) is 14.6. The molecule has 1 saturated carbocycles. The van der Waals surface area contributed by atoms with Crippen LogP contribution in [0.5, 0.6) is 0 Å². The number of aryl methyl sites for hydroxylation is 1. The number of nitrogens with one attached hydrogen (secondary N) is 1. The Labute approximate surface area is 127 Å². The molecule has 0 saturated heterocycles. The van der Waals surface area contributed by atoms with E-state index in [1.807, 2.05) is 0 Å². The Hall–Kier alpha value is -1.35. The molecule has 1 N–H and O–H groups in total. The molecule has 0 bridgehead atoms. The number of fused-ring (bicyclic) bond motifs is 1. The van der Waals surface area contributed by atoms with Gasteiger partial charge < -0.3 is 9.88 Å². The normalized spacial score (nSPS) is 27.9. The van der Waals surface area contributed by atoms with Crippen molar-refractivity contribution in [2.45, 2.75) is 52.1 Å². The number of nitrogens with zero attached hydrogens (tertiary/aromatic N) is 2. The van der Waals surface area contributed by atoms with Gasteiger partial charge in [0.15, 0.2) is 0 Å². The molecule has 3 rings (SSSR count). The van der Waals surface area contributed by atoms with E-state index in [2.05, 4.69) is 62.0 Å². The molecule has 3 unspecified atom stereocenters. The van der Waals surface area contributed by atoms with Gasteiger partial charge in [-0.15, -0.1) is 0 Å². The number of aromatic nitrogens is 2. The Balaban J connectivity index is 1.77. The van der Waals surface area contributed by atoms with E-state index in [0.29, 0.717) is 12.1 Å². The van der Waals surface area contributed by atoms with Gasteiger partial charge in [-0.2, -0.15) is 0 Å². The topological polar surface area (TPSA) is 29.9 Å². The summed E-state index contributed by atoms with van der Waals surface area (Å²) in [4.78, 5) is 4.82. The van der Waals surface area contributed by atoms with E-state index in [9.17, 15) is 0 Å². The van der Waals surface area contributed by atoms with Crippen molar-refractivity contribution in [1.82, 2.24) is 14.9 Å². The lowest BCUT2D eigenvalue weighted by atomic mass is 9.80. The predicted molar refractivity (Wildman–Crippen MR) is 88.2 cm³/mol. The minimum atomic E-state index is 0.296. The van der Waals surface area contributed by atoms with E-state index >= 15 is 0 Å². The molecule has 0 spiro atoms. The summed E-state index contributed by atoms with van der Waals surface area (Å²) in [5, 5.41) is 3.81. The largest absolute Gasteiger partial charge is 0.330 e. The molecule has 0 amide bonds. The van der Waals surface area contributed by atoms with Gasteiger partial charge in [-0.3, -0.25) is 0 Å². The standard InChI is InChI=1S/C18H27N3/c1-12-9-13(2)11-15(10-12)19-14(3)18-20-16-7-5-6-8-17(16)21(18)4/h5-8,12-15,19H,9-11H2,1-4H3. The average Bonchev–Trinajstić information content (AvgIpc) is 2.76. The third kappa shape index (κ3) is 2.98. The van der Waals surface area contributed by atoms with Crippen LogP contribution in [0.1, 0.15) is 51.9 Å². The number of benzene rings is 1. The van der Waals surface area contributed by atoms with Crippen molar-refractivity contribution in [3.63, 3.8) is 0 Å². The highest BCUT2D eigenvalue weighted by Gasteiger charge is 2.26. The van der Waals surface area contributed by atoms with Gasteiger partial charge in [-0.1, -0.05) is 26.0 Å². The van der Waals surface area contributed by atoms with Crippen LogP contribution in [-0.4, -0.2) is 15.6 Å². The first-order chi connectivity index (χ1) is 10.0. The van der Waals surface area contributed by atoms with E-state index in [0.717, 1.165) is 23.2 Å². The summed E-state index contributed by atoms with van der Waals surface area (Å²) in [5.74, 6) is 2.81. The van der Waals surface area contributed by atoms with E-state index < -0.39 is 0 Å². The van der Waals surface area contributed by atoms with Crippen molar-refractivity contribution in [1.29, 1.82) is 0 Å². The van der Waals surface area contributed by atoms with Crippen LogP contribution in [0, 0.1) is 11.8 Å². The lowest BCUT2D eigenvalue weighted by molar-refractivity contribution is 0.226. The Morgan fingerprint density at radius 3 is 2.48 bits per heavy atom. The number of para-hydroxylation sites is 2. The second-order valence-corrected chi connectivity index (χ2v) is 7.02. The van der Waals surface area contributed by atoms with Crippen LogP contribution in [-0.2, 0) is 7.05 Å². The third-order valence-corrected chi connectivity index (χ3v) is 4.87. The third-order valence-electron chi connectivity index (χ3n) is 4.87. The molecule has 3 nitrogen and oxygen atoms in total. The zero-order valence-corrected chi connectivity index (χ0v) is 13.6. The zero-order chi connectivity index (χ0) is 15.0. The summed E-state index contributed by atoms with van der Waals surface area (Å²) in [6.07, 6.45) is 3.95. The van der Waals surface area contributed by atoms with Crippen LogP contribution in [0.4, 0.5) is 0 Å². The maximum absolute atomic E-state index is 4.82. The fraction of sp³-hybridized carbons (Fsp3) is 0.611. The predicted octanol–water partition coefficient (Wildman–Crippen LogP) is 4.05. The molecule has 21 heavy (non-hydrogen) atoms. The van der Waals surface area contributed by atoms with Gasteiger partial charge in [0.2, 0.25) is 0 Å². The summed E-state index contributed by atoms with van der Waals surface area (Å²) >= 11 is 0. The molecule has 1 fully saturated rings. The molecular weight excluding hydrogens is 258 g/mol. The van der Waals surface area contributed by atoms with Gasteiger partial charge in [-0.25, -0.2) is 4.98 Å². The Kier molecular flexibility index (Phi) is 4.03. The van der Waals surface area contributed by atoms with Gasteiger partial charge in [0.1, 0.15) is 5.82 Å². The van der Waals surface area contributed by atoms with Gasteiger partial charge in [-0.05, 0) is 50.2 Å². The molecule has 1 aromatic heterocycles. The second-order valence-electron chi connectivity index (χ2n) is 7.02. The molecule has 3 atom stereocenters. The van der Waals surface area contributed by atoms with E-state index in [1.54, 1.807) is 0 Å². The molecule has 1 aromatic carbocycles. The maximum Gasteiger partial charge on any atom is 0.126 e. The highest BCUT2D eigenvalue weighted by molar-refractivity contribution is 5.75. The first-order valence-electron chi connectivity index (χ1n) is 8.22. The average molecular weight is 285 g/mol. The highest BCUT2D eigenvalue weighted by Crippen LogP contribution is 2.30. The minimum absolute atomic E-state index is 0.296. The highest BCUT2D eigenvalue weighted by atomic mass is 15.1. The van der Waals surface area contributed by atoms with Crippen LogP contribution in [0.15, 0.2) is 24.3 Å². The fourth-order valence-electron chi connectivity index (χ4n) is 4.06. The van der Waals surface area contributed by atoms with Crippen LogP contribution < -0.4 is 5.32 Å². The summed E-state index contributed by atoms with van der Waals surface area (Å²) < 4.78 is 2.22. The Morgan fingerprint density at radius 1 is 1.14 bits per heavy atom. The Morgan fingerprint density at radius 2 is 1.81 bits per heavy atom. The number of rotatable bonds is 3. The van der Waals surface area contributed by atoms with Crippen LogP contribution in [0.2, 0.25) is 0 Å². The van der Waals surface area contributed by atoms with E-state index in [4.69, 9.17) is 4.98 Å². The van der Waals surface area contributed by atoms with Gasteiger partial charge in [0, 0.05) is 13.1 Å². The molecule has 0 aliphatic heterocycles. The summed E-state index contributed by atoms with van der Waals surface area (Å²) in [6, 6.07) is 9.29. The smallest absolute Gasteiger partial charge is 0.126 e. The van der Waals surface area contributed by atoms with Crippen molar-refractivity contribution in [2.75, 3.05) is 0 Å². The maximum atomic E-state index is 4.82. The molecule has 1 aliphatic rings. The van der Waals surface area contributed by atoms with Crippen molar-refractivity contribution >= 4 is 11.0 Å². The molecule has 3 heteroatoms. The molecule has 1 aliphatic carbocycles. The quantitative estimate of drug-likeness (QED) is 0.922.